The fraction of sp³-hybridized carbons (Fsp3) is 0.545. The van der Waals surface area contributed by atoms with E-state index >= 15 is 0 Å². The standard InChI is InChI=1S/C33H42ClN7O2/c1-4-20(2)33(19-28-37-38-39-40(28)3)13-15-41(16-14-33)32(43)27(17-21-9-11-22(34)12-10-21)36-31(42)29-25-18-26(30(29)35)24-8-6-5-7-23(24)25/h5-12,20,25-27,29-30H,4,13-19,35H2,1-3H3,(H,36,42)/t20?,25?,26?,27-,29?,30-/m1/s1. The Kier molecular flexibility index (Phi) is 8.31. The Morgan fingerprint density at radius 1 is 1.09 bits per heavy atom. The highest BCUT2D eigenvalue weighted by atomic mass is 35.5. The Bertz CT molecular complexity index is 1470. The number of amides is 2. The molecule has 2 aliphatic carbocycles. The van der Waals surface area contributed by atoms with Gasteiger partial charge in [-0.2, -0.15) is 0 Å². The van der Waals surface area contributed by atoms with Gasteiger partial charge >= 0.3 is 0 Å². The molecule has 3 N–H and O–H groups in total. The number of hydrogen-bond donors (Lipinski definition) is 2. The highest BCUT2D eigenvalue weighted by molar-refractivity contribution is 6.30. The molecular formula is C33H42ClN7O2. The van der Waals surface area contributed by atoms with Crippen LogP contribution >= 0.6 is 11.6 Å². The Morgan fingerprint density at radius 3 is 2.40 bits per heavy atom. The molecule has 1 aliphatic heterocycles. The highest BCUT2D eigenvalue weighted by Gasteiger charge is 2.52. The number of piperidine rings is 1. The number of likely N-dealkylation sites (tertiary alicyclic amines) is 1. The Morgan fingerprint density at radius 2 is 1.77 bits per heavy atom. The van der Waals surface area contributed by atoms with Crippen LogP contribution in [0.3, 0.4) is 0 Å². The third kappa shape index (κ3) is 5.57. The van der Waals surface area contributed by atoms with Gasteiger partial charge in [0, 0.05) is 50.0 Å². The summed E-state index contributed by atoms with van der Waals surface area (Å²) in [7, 11) is 1.88. The van der Waals surface area contributed by atoms with E-state index in [0.717, 1.165) is 43.5 Å². The van der Waals surface area contributed by atoms with Crippen molar-refractivity contribution in [1.82, 2.24) is 30.4 Å². The van der Waals surface area contributed by atoms with E-state index in [9.17, 15) is 9.59 Å². The molecule has 0 radical (unpaired) electrons. The summed E-state index contributed by atoms with van der Waals surface area (Å²) >= 11 is 6.15. The number of nitrogens with zero attached hydrogens (tertiary/aromatic N) is 5. The molecule has 6 rings (SSSR count). The van der Waals surface area contributed by atoms with Crippen molar-refractivity contribution < 1.29 is 9.59 Å². The first kappa shape index (κ1) is 29.8. The summed E-state index contributed by atoms with van der Waals surface area (Å²) in [4.78, 5) is 30.1. The van der Waals surface area contributed by atoms with Gasteiger partial charge in [0.15, 0.2) is 5.82 Å². The van der Waals surface area contributed by atoms with Gasteiger partial charge in [0.05, 0.1) is 5.92 Å². The van der Waals surface area contributed by atoms with Crippen molar-refractivity contribution >= 4 is 23.4 Å². The van der Waals surface area contributed by atoms with Crippen LogP contribution in [0.4, 0.5) is 0 Å². The monoisotopic (exact) mass is 603 g/mol. The summed E-state index contributed by atoms with van der Waals surface area (Å²) in [6.45, 7) is 5.77. The fourth-order valence-electron chi connectivity index (χ4n) is 8.00. The maximum atomic E-state index is 14.2. The molecule has 43 heavy (non-hydrogen) atoms. The predicted molar refractivity (Wildman–Crippen MR) is 165 cm³/mol. The van der Waals surface area contributed by atoms with Gasteiger partial charge in [0.25, 0.3) is 0 Å². The number of aromatic nitrogens is 4. The van der Waals surface area contributed by atoms with Crippen molar-refractivity contribution in [3.63, 3.8) is 0 Å². The molecule has 6 atom stereocenters. The highest BCUT2D eigenvalue weighted by Crippen LogP contribution is 2.55. The van der Waals surface area contributed by atoms with Crippen LogP contribution in [0, 0.1) is 17.3 Å². The van der Waals surface area contributed by atoms with Crippen molar-refractivity contribution in [3.8, 4) is 0 Å². The number of carbonyl (C=O) groups excluding carboxylic acids is 2. The first-order chi connectivity index (χ1) is 20.7. The lowest BCUT2D eigenvalue weighted by Gasteiger charge is -2.46. The lowest BCUT2D eigenvalue weighted by Crippen LogP contribution is -2.56. The van der Waals surface area contributed by atoms with Gasteiger partial charge in [-0.25, -0.2) is 4.68 Å². The van der Waals surface area contributed by atoms with Crippen LogP contribution < -0.4 is 11.1 Å². The van der Waals surface area contributed by atoms with Crippen LogP contribution in [0.25, 0.3) is 0 Å². The molecule has 1 saturated heterocycles. The lowest BCUT2D eigenvalue weighted by molar-refractivity contribution is -0.140. The summed E-state index contributed by atoms with van der Waals surface area (Å²) in [5.74, 6) is 1.08. The molecule has 2 heterocycles. The zero-order chi connectivity index (χ0) is 30.3. The van der Waals surface area contributed by atoms with E-state index in [0.29, 0.717) is 30.5 Å². The Labute approximate surface area is 258 Å². The molecule has 1 aromatic heterocycles. The van der Waals surface area contributed by atoms with Gasteiger partial charge in [-0.1, -0.05) is 68.3 Å². The second-order valence-corrected chi connectivity index (χ2v) is 13.4. The van der Waals surface area contributed by atoms with Crippen molar-refractivity contribution in [2.75, 3.05) is 13.1 Å². The lowest BCUT2D eigenvalue weighted by atomic mass is 9.66. The van der Waals surface area contributed by atoms with E-state index in [2.05, 4.69) is 46.8 Å². The second-order valence-electron chi connectivity index (χ2n) is 13.0. The van der Waals surface area contributed by atoms with Gasteiger partial charge in [-0.05, 0) is 75.8 Å². The molecule has 2 fully saturated rings. The Hall–Kier alpha value is -3.30. The van der Waals surface area contributed by atoms with Crippen LogP contribution in [0.15, 0.2) is 48.5 Å². The summed E-state index contributed by atoms with van der Waals surface area (Å²) in [5.41, 5.74) is 10.1. The number of aryl methyl sites for hydroxylation is 1. The van der Waals surface area contributed by atoms with Gasteiger partial charge in [-0.15, -0.1) is 5.10 Å². The van der Waals surface area contributed by atoms with E-state index in [1.54, 1.807) is 4.68 Å². The molecule has 228 valence electrons. The average molecular weight is 604 g/mol. The molecule has 10 heteroatoms. The average Bonchev–Trinajstić information content (AvgIpc) is 3.70. The predicted octanol–water partition coefficient (Wildman–Crippen LogP) is 4.02. The molecule has 0 spiro atoms. The van der Waals surface area contributed by atoms with Crippen molar-refractivity contribution in [2.24, 2.45) is 30.0 Å². The summed E-state index contributed by atoms with van der Waals surface area (Å²) in [6, 6.07) is 14.9. The van der Waals surface area contributed by atoms with E-state index < -0.39 is 6.04 Å². The zero-order valence-electron chi connectivity index (χ0n) is 25.2. The fourth-order valence-corrected chi connectivity index (χ4v) is 8.13. The number of fused-ring (bicyclic) bond motifs is 5. The summed E-state index contributed by atoms with van der Waals surface area (Å²) in [6.07, 6.45) is 4.82. The Balaban J connectivity index is 1.20. The number of nitrogens with one attached hydrogen (secondary N) is 1. The van der Waals surface area contributed by atoms with Crippen LogP contribution in [-0.2, 0) is 29.5 Å². The third-order valence-electron chi connectivity index (χ3n) is 10.8. The van der Waals surface area contributed by atoms with Crippen molar-refractivity contribution in [1.29, 1.82) is 0 Å². The molecule has 9 nitrogen and oxygen atoms in total. The number of rotatable bonds is 9. The smallest absolute Gasteiger partial charge is 0.245 e. The molecule has 3 aromatic rings. The first-order valence-corrected chi connectivity index (χ1v) is 16.0. The minimum atomic E-state index is -0.686. The number of tetrazole rings is 1. The normalized spacial score (nSPS) is 25.3. The van der Waals surface area contributed by atoms with E-state index in [-0.39, 0.29) is 41.0 Å². The molecule has 4 unspecified atom stereocenters. The minimum absolute atomic E-state index is 0.00612. The van der Waals surface area contributed by atoms with Crippen LogP contribution in [0.5, 0.6) is 0 Å². The van der Waals surface area contributed by atoms with Crippen LogP contribution in [-0.4, -0.2) is 62.1 Å². The van der Waals surface area contributed by atoms with Gasteiger partial charge < -0.3 is 16.0 Å². The summed E-state index contributed by atoms with van der Waals surface area (Å²) < 4.78 is 1.75. The maximum absolute atomic E-state index is 14.2. The zero-order valence-corrected chi connectivity index (χ0v) is 26.0. The SMILES string of the molecule is CCC(C)C1(Cc2nnnn2C)CCN(C(=O)[C@@H](Cc2ccc(Cl)cc2)NC(=O)C2C3CC(c4ccccc43)[C@H]2N)CC1. The second kappa shape index (κ2) is 12.0. The van der Waals surface area contributed by atoms with Crippen LogP contribution in [0.1, 0.15) is 73.9 Å². The minimum Gasteiger partial charge on any atom is -0.344 e. The number of halogens is 1. The van der Waals surface area contributed by atoms with E-state index in [1.165, 1.54) is 11.1 Å². The molecule has 1 saturated carbocycles. The largest absolute Gasteiger partial charge is 0.344 e. The van der Waals surface area contributed by atoms with Crippen molar-refractivity contribution in [2.45, 2.75) is 76.3 Å². The van der Waals surface area contributed by atoms with Gasteiger partial charge in [0.2, 0.25) is 11.8 Å². The van der Waals surface area contributed by atoms with Gasteiger partial charge in [-0.3, -0.25) is 9.59 Å². The molecule has 3 aliphatic rings. The van der Waals surface area contributed by atoms with E-state index in [4.69, 9.17) is 17.3 Å². The van der Waals surface area contributed by atoms with E-state index in [1.807, 2.05) is 48.3 Å². The number of carbonyl (C=O) groups is 2. The van der Waals surface area contributed by atoms with Crippen LogP contribution in [0.2, 0.25) is 5.02 Å². The third-order valence-corrected chi connectivity index (χ3v) is 11.1. The molecule has 2 bridgehead atoms. The first-order valence-electron chi connectivity index (χ1n) is 15.6. The van der Waals surface area contributed by atoms with Gasteiger partial charge in [0.1, 0.15) is 6.04 Å². The number of nitrogens with two attached hydrogens (primary N) is 1. The van der Waals surface area contributed by atoms with Crippen molar-refractivity contribution in [3.05, 3.63) is 76.1 Å². The molecule has 2 amide bonds. The number of benzene rings is 2. The topological polar surface area (TPSA) is 119 Å². The molecule has 2 aromatic carbocycles. The maximum Gasteiger partial charge on any atom is 0.245 e. The summed E-state index contributed by atoms with van der Waals surface area (Å²) in [5, 5.41) is 16.0. The quantitative estimate of drug-likeness (QED) is 0.381. The number of hydrogen-bond acceptors (Lipinski definition) is 6. The molecular weight excluding hydrogens is 562 g/mol.